The van der Waals surface area contributed by atoms with Gasteiger partial charge in [-0.25, -0.2) is 4.39 Å². The predicted octanol–water partition coefficient (Wildman–Crippen LogP) is 3.88. The van der Waals surface area contributed by atoms with Gasteiger partial charge in [-0.05, 0) is 55.2 Å². The minimum atomic E-state index is -0.346. The van der Waals surface area contributed by atoms with E-state index in [0.29, 0.717) is 30.9 Å². The minimum absolute atomic E-state index is 0.0207. The number of amides is 1. The number of nitrogens with zero attached hydrogens (tertiary/aromatic N) is 1. The smallest absolute Gasteiger partial charge is 0.254 e. The number of ether oxygens (including phenoxy) is 2. The highest BCUT2D eigenvalue weighted by Gasteiger charge is 2.31. The molecule has 2 aromatic rings. The fraction of sp³-hybridized carbons (Fsp3) is 0.350. The first-order valence-electron chi connectivity index (χ1n) is 8.60. The van der Waals surface area contributed by atoms with Crippen molar-refractivity contribution in [3.8, 4) is 11.5 Å². The molecule has 0 bridgehead atoms. The molecule has 1 fully saturated rings. The Morgan fingerprint density at radius 2 is 1.92 bits per heavy atom. The van der Waals surface area contributed by atoms with Gasteiger partial charge in [-0.3, -0.25) is 4.79 Å². The number of hydrogen-bond acceptors (Lipinski definition) is 3. The zero-order valence-corrected chi connectivity index (χ0v) is 14.1. The Labute approximate surface area is 146 Å². The van der Waals surface area contributed by atoms with E-state index in [1.165, 1.54) is 6.07 Å². The molecule has 2 aliphatic heterocycles. The third kappa shape index (κ3) is 2.95. The van der Waals surface area contributed by atoms with Gasteiger partial charge < -0.3 is 14.4 Å². The summed E-state index contributed by atoms with van der Waals surface area (Å²) in [5.74, 6) is 0.994. The predicted molar refractivity (Wildman–Crippen MR) is 91.6 cm³/mol. The van der Waals surface area contributed by atoms with E-state index >= 15 is 0 Å². The molecule has 0 aliphatic carbocycles. The Balaban J connectivity index is 1.61. The fourth-order valence-electron chi connectivity index (χ4n) is 3.52. The van der Waals surface area contributed by atoms with Crippen molar-refractivity contribution < 1.29 is 18.7 Å². The molecule has 0 unspecified atom stereocenters. The molecule has 2 heterocycles. The van der Waals surface area contributed by atoms with Crippen LogP contribution in [0, 0.1) is 12.7 Å². The van der Waals surface area contributed by atoms with E-state index in [-0.39, 0.29) is 17.8 Å². The van der Waals surface area contributed by atoms with Crippen LogP contribution in [0.25, 0.3) is 0 Å². The lowest BCUT2D eigenvalue weighted by atomic mass is 10.0. The van der Waals surface area contributed by atoms with Crippen molar-refractivity contribution >= 4 is 5.91 Å². The van der Waals surface area contributed by atoms with Crippen molar-refractivity contribution in [2.45, 2.75) is 25.8 Å². The number of aryl methyl sites for hydroxylation is 1. The van der Waals surface area contributed by atoms with Crippen LogP contribution in [0.3, 0.4) is 0 Å². The monoisotopic (exact) mass is 341 g/mol. The molecule has 4 rings (SSSR count). The number of carbonyl (C=O) groups is 1. The quantitative estimate of drug-likeness (QED) is 0.832. The molecule has 130 valence electrons. The molecule has 5 heteroatoms. The molecule has 0 N–H and O–H groups in total. The molecule has 0 saturated carbocycles. The summed E-state index contributed by atoms with van der Waals surface area (Å²) < 4.78 is 25.1. The third-order valence-corrected chi connectivity index (χ3v) is 4.88. The van der Waals surface area contributed by atoms with Crippen LogP contribution in [0.1, 0.15) is 40.4 Å². The second-order valence-electron chi connectivity index (χ2n) is 6.52. The average Bonchev–Trinajstić information content (AvgIpc) is 3.12. The van der Waals surface area contributed by atoms with E-state index in [1.54, 1.807) is 19.1 Å². The van der Waals surface area contributed by atoms with E-state index in [4.69, 9.17) is 9.47 Å². The maximum absolute atomic E-state index is 13.8. The van der Waals surface area contributed by atoms with E-state index in [1.807, 2.05) is 23.1 Å². The number of benzene rings is 2. The largest absolute Gasteiger partial charge is 0.486 e. The topological polar surface area (TPSA) is 38.8 Å². The number of halogens is 1. The lowest BCUT2D eigenvalue weighted by Gasteiger charge is -2.27. The number of hydrogen-bond donors (Lipinski definition) is 0. The second-order valence-corrected chi connectivity index (χ2v) is 6.52. The Morgan fingerprint density at radius 1 is 1.12 bits per heavy atom. The molecule has 1 saturated heterocycles. The van der Waals surface area contributed by atoms with Gasteiger partial charge >= 0.3 is 0 Å². The molecule has 0 aromatic heterocycles. The van der Waals surface area contributed by atoms with Crippen LogP contribution in [-0.4, -0.2) is 30.6 Å². The Kier molecular flexibility index (Phi) is 4.07. The summed E-state index contributed by atoms with van der Waals surface area (Å²) in [5.41, 5.74) is 1.97. The van der Waals surface area contributed by atoms with Gasteiger partial charge in [0.1, 0.15) is 19.0 Å². The van der Waals surface area contributed by atoms with Crippen LogP contribution in [0.15, 0.2) is 36.4 Å². The van der Waals surface area contributed by atoms with Gasteiger partial charge in [0, 0.05) is 12.1 Å². The van der Waals surface area contributed by atoms with Crippen molar-refractivity contribution in [3.05, 3.63) is 58.9 Å². The Bertz CT molecular complexity index is 821. The molecule has 1 atom stereocenters. The summed E-state index contributed by atoms with van der Waals surface area (Å²) >= 11 is 0. The van der Waals surface area contributed by atoms with Crippen LogP contribution in [0.4, 0.5) is 4.39 Å². The third-order valence-electron chi connectivity index (χ3n) is 4.88. The highest BCUT2D eigenvalue weighted by atomic mass is 19.1. The van der Waals surface area contributed by atoms with Crippen LogP contribution < -0.4 is 9.47 Å². The summed E-state index contributed by atoms with van der Waals surface area (Å²) in [7, 11) is 0. The maximum Gasteiger partial charge on any atom is 0.254 e. The molecule has 2 aliphatic rings. The molecular formula is C20H20FNO3. The van der Waals surface area contributed by atoms with Crippen LogP contribution >= 0.6 is 0 Å². The molecule has 4 nitrogen and oxygen atoms in total. The Morgan fingerprint density at radius 3 is 2.72 bits per heavy atom. The van der Waals surface area contributed by atoms with E-state index in [2.05, 4.69) is 0 Å². The van der Waals surface area contributed by atoms with Gasteiger partial charge in [-0.1, -0.05) is 12.1 Å². The minimum Gasteiger partial charge on any atom is -0.486 e. The molecular weight excluding hydrogens is 321 g/mol. The Hall–Kier alpha value is -2.56. The number of fused-ring (bicyclic) bond motifs is 1. The lowest BCUT2D eigenvalue weighted by Crippen LogP contribution is -2.30. The van der Waals surface area contributed by atoms with Gasteiger partial charge in [-0.15, -0.1) is 0 Å². The first kappa shape index (κ1) is 15.9. The SMILES string of the molecule is Cc1ccc(C(=O)N2CCC[C@H]2c2ccc3c(c2)OCCO3)cc1F. The standard InChI is InChI=1S/C20H20FNO3/c1-13-4-5-15(11-16(13)21)20(23)22-8-2-3-17(22)14-6-7-18-19(12-14)25-10-9-24-18/h4-7,11-12,17H,2-3,8-10H2,1H3/t17-/m0/s1. The first-order chi connectivity index (χ1) is 12.1. The van der Waals surface area contributed by atoms with Gasteiger partial charge in [-0.2, -0.15) is 0 Å². The highest BCUT2D eigenvalue weighted by molar-refractivity contribution is 5.94. The number of rotatable bonds is 2. The zero-order valence-electron chi connectivity index (χ0n) is 14.1. The van der Waals surface area contributed by atoms with Crippen molar-refractivity contribution in [3.63, 3.8) is 0 Å². The summed E-state index contributed by atoms with van der Waals surface area (Å²) in [6.07, 6.45) is 1.82. The fourth-order valence-corrected chi connectivity index (χ4v) is 3.52. The summed E-state index contributed by atoms with van der Waals surface area (Å²) in [6.45, 7) is 3.46. The van der Waals surface area contributed by atoms with Crippen molar-refractivity contribution in [2.24, 2.45) is 0 Å². The summed E-state index contributed by atoms with van der Waals surface area (Å²) in [5, 5.41) is 0. The maximum atomic E-state index is 13.8. The van der Waals surface area contributed by atoms with Crippen molar-refractivity contribution in [1.82, 2.24) is 4.90 Å². The molecule has 25 heavy (non-hydrogen) atoms. The summed E-state index contributed by atoms with van der Waals surface area (Å²) in [4.78, 5) is 14.7. The van der Waals surface area contributed by atoms with E-state index < -0.39 is 0 Å². The van der Waals surface area contributed by atoms with E-state index in [0.717, 1.165) is 29.9 Å². The van der Waals surface area contributed by atoms with Gasteiger partial charge in [0.05, 0.1) is 6.04 Å². The number of likely N-dealkylation sites (tertiary alicyclic amines) is 1. The van der Waals surface area contributed by atoms with Crippen LogP contribution in [0.2, 0.25) is 0 Å². The van der Waals surface area contributed by atoms with Crippen LogP contribution in [-0.2, 0) is 0 Å². The normalized spacial score (nSPS) is 19.1. The second kappa shape index (κ2) is 6.39. The van der Waals surface area contributed by atoms with Crippen molar-refractivity contribution in [2.75, 3.05) is 19.8 Å². The van der Waals surface area contributed by atoms with E-state index in [9.17, 15) is 9.18 Å². The molecule has 0 spiro atoms. The van der Waals surface area contributed by atoms with Gasteiger partial charge in [0.25, 0.3) is 5.91 Å². The number of carbonyl (C=O) groups excluding carboxylic acids is 1. The van der Waals surface area contributed by atoms with Gasteiger partial charge in [0.2, 0.25) is 0 Å². The molecule has 0 radical (unpaired) electrons. The first-order valence-corrected chi connectivity index (χ1v) is 8.60. The molecule has 2 aromatic carbocycles. The zero-order chi connectivity index (χ0) is 17.4. The van der Waals surface area contributed by atoms with Gasteiger partial charge in [0.15, 0.2) is 11.5 Å². The van der Waals surface area contributed by atoms with Crippen LogP contribution in [0.5, 0.6) is 11.5 Å². The molecule has 1 amide bonds. The average molecular weight is 341 g/mol. The summed E-state index contributed by atoms with van der Waals surface area (Å²) in [6, 6.07) is 10.5. The lowest BCUT2D eigenvalue weighted by molar-refractivity contribution is 0.0734. The highest BCUT2D eigenvalue weighted by Crippen LogP contribution is 2.38. The van der Waals surface area contributed by atoms with Crippen molar-refractivity contribution in [1.29, 1.82) is 0 Å².